The molecule has 3 nitrogen and oxygen atoms in total. The molecule has 2 aromatic heterocycles. The topological polar surface area (TPSA) is 51.8 Å². The van der Waals surface area contributed by atoms with Crippen molar-refractivity contribution in [3.63, 3.8) is 0 Å². The maximum Gasteiger partial charge on any atom is 0.114 e. The van der Waals surface area contributed by atoms with Gasteiger partial charge in [0.1, 0.15) is 5.01 Å². The molecule has 1 atom stereocenters. The normalized spacial score (nSPS) is 12.8. The van der Waals surface area contributed by atoms with Crippen LogP contribution >= 0.6 is 11.3 Å². The predicted molar refractivity (Wildman–Crippen MR) is 66.6 cm³/mol. The highest BCUT2D eigenvalue weighted by molar-refractivity contribution is 7.11. The summed E-state index contributed by atoms with van der Waals surface area (Å²) in [5.74, 6) is 0. The molecule has 2 aromatic rings. The molecule has 0 aliphatic heterocycles. The van der Waals surface area contributed by atoms with Crippen molar-refractivity contribution >= 4 is 11.3 Å². The zero-order valence-electron chi connectivity index (χ0n) is 9.69. The Morgan fingerprint density at radius 3 is 2.50 bits per heavy atom. The van der Waals surface area contributed by atoms with Gasteiger partial charge in [-0.05, 0) is 32.4 Å². The summed E-state index contributed by atoms with van der Waals surface area (Å²) in [6, 6.07) is 3.83. The molecule has 0 aliphatic rings. The first-order valence-corrected chi connectivity index (χ1v) is 6.01. The first-order valence-electron chi connectivity index (χ1n) is 5.20. The number of rotatable bonds is 2. The standard InChI is InChI=1S/C12H15N3S/c1-7-4-5-10(6-14-7)11(13)12-15-8(2)9(3)16-12/h4-6,11H,13H2,1-3H3. The Bertz CT molecular complexity index is 468. The van der Waals surface area contributed by atoms with E-state index in [4.69, 9.17) is 5.73 Å². The Morgan fingerprint density at radius 2 is 2.00 bits per heavy atom. The summed E-state index contributed by atoms with van der Waals surface area (Å²) in [6.45, 7) is 6.04. The molecule has 0 aromatic carbocycles. The molecule has 0 radical (unpaired) electrons. The Kier molecular flexibility index (Phi) is 3.03. The molecule has 0 spiro atoms. The van der Waals surface area contributed by atoms with E-state index in [9.17, 15) is 0 Å². The zero-order chi connectivity index (χ0) is 11.7. The molecule has 0 bridgehead atoms. The molecule has 16 heavy (non-hydrogen) atoms. The fourth-order valence-electron chi connectivity index (χ4n) is 1.44. The van der Waals surface area contributed by atoms with Gasteiger partial charge in [0.25, 0.3) is 0 Å². The first-order chi connectivity index (χ1) is 7.58. The fraction of sp³-hybridized carbons (Fsp3) is 0.333. The lowest BCUT2D eigenvalue weighted by molar-refractivity contribution is 0.843. The Morgan fingerprint density at radius 1 is 1.25 bits per heavy atom. The number of aryl methyl sites for hydroxylation is 3. The first kappa shape index (κ1) is 11.2. The third-order valence-electron chi connectivity index (χ3n) is 2.60. The summed E-state index contributed by atoms with van der Waals surface area (Å²) in [5.41, 5.74) is 9.24. The molecule has 84 valence electrons. The summed E-state index contributed by atoms with van der Waals surface area (Å²) in [7, 11) is 0. The summed E-state index contributed by atoms with van der Waals surface area (Å²) < 4.78 is 0. The van der Waals surface area contributed by atoms with Crippen LogP contribution in [0, 0.1) is 20.8 Å². The van der Waals surface area contributed by atoms with Crippen LogP contribution in [0.5, 0.6) is 0 Å². The van der Waals surface area contributed by atoms with E-state index in [0.29, 0.717) is 0 Å². The van der Waals surface area contributed by atoms with E-state index in [1.807, 2.05) is 32.2 Å². The average molecular weight is 233 g/mol. The molecule has 0 saturated heterocycles. The zero-order valence-corrected chi connectivity index (χ0v) is 10.5. The lowest BCUT2D eigenvalue weighted by Crippen LogP contribution is -2.11. The van der Waals surface area contributed by atoms with Crippen LogP contribution in [0.2, 0.25) is 0 Å². The van der Waals surface area contributed by atoms with E-state index in [0.717, 1.165) is 22.0 Å². The third kappa shape index (κ3) is 2.13. The molecular weight excluding hydrogens is 218 g/mol. The molecule has 0 amide bonds. The Labute approximate surface area is 99.4 Å². The van der Waals surface area contributed by atoms with Gasteiger partial charge in [0.2, 0.25) is 0 Å². The molecule has 2 rings (SSSR count). The number of nitrogens with zero attached hydrogens (tertiary/aromatic N) is 2. The van der Waals surface area contributed by atoms with Crippen molar-refractivity contribution in [1.29, 1.82) is 0 Å². The second kappa shape index (κ2) is 4.31. The predicted octanol–water partition coefficient (Wildman–Crippen LogP) is 2.51. The summed E-state index contributed by atoms with van der Waals surface area (Å²) in [6.07, 6.45) is 1.83. The number of thiazole rings is 1. The van der Waals surface area contributed by atoms with Gasteiger partial charge in [0, 0.05) is 16.8 Å². The molecule has 0 fully saturated rings. The van der Waals surface area contributed by atoms with Crippen LogP contribution in [0.3, 0.4) is 0 Å². The van der Waals surface area contributed by atoms with Crippen molar-refractivity contribution in [3.8, 4) is 0 Å². The SMILES string of the molecule is Cc1ccc(C(N)c2nc(C)c(C)s2)cn1. The monoisotopic (exact) mass is 233 g/mol. The van der Waals surface area contributed by atoms with E-state index >= 15 is 0 Å². The van der Waals surface area contributed by atoms with Crippen molar-refractivity contribution in [2.75, 3.05) is 0 Å². The Balaban J connectivity index is 2.31. The number of aromatic nitrogens is 2. The van der Waals surface area contributed by atoms with Crippen LogP contribution in [-0.4, -0.2) is 9.97 Å². The van der Waals surface area contributed by atoms with E-state index < -0.39 is 0 Å². The van der Waals surface area contributed by atoms with Crippen LogP contribution in [0.25, 0.3) is 0 Å². The lowest BCUT2D eigenvalue weighted by Gasteiger charge is -2.08. The van der Waals surface area contributed by atoms with Crippen molar-refractivity contribution in [3.05, 3.63) is 45.2 Å². The highest BCUT2D eigenvalue weighted by Crippen LogP contribution is 2.25. The fourth-order valence-corrected chi connectivity index (χ4v) is 2.39. The third-order valence-corrected chi connectivity index (χ3v) is 3.76. The minimum Gasteiger partial charge on any atom is -0.318 e. The van der Waals surface area contributed by atoms with Crippen molar-refractivity contribution in [2.45, 2.75) is 26.8 Å². The summed E-state index contributed by atoms with van der Waals surface area (Å²) >= 11 is 1.66. The van der Waals surface area contributed by atoms with Gasteiger partial charge in [-0.15, -0.1) is 11.3 Å². The minimum absolute atomic E-state index is 0.162. The van der Waals surface area contributed by atoms with Gasteiger partial charge in [-0.2, -0.15) is 0 Å². The van der Waals surface area contributed by atoms with Crippen molar-refractivity contribution in [2.24, 2.45) is 5.73 Å². The molecule has 0 saturated carbocycles. The molecule has 0 aliphatic carbocycles. The highest BCUT2D eigenvalue weighted by Gasteiger charge is 2.14. The number of pyridine rings is 1. The molecule has 1 unspecified atom stereocenters. The highest BCUT2D eigenvalue weighted by atomic mass is 32.1. The quantitative estimate of drug-likeness (QED) is 0.867. The molecule has 2 heterocycles. The number of nitrogens with two attached hydrogens (primary N) is 1. The number of hydrogen-bond acceptors (Lipinski definition) is 4. The average Bonchev–Trinajstić information content (AvgIpc) is 2.59. The molecule has 2 N–H and O–H groups in total. The van der Waals surface area contributed by atoms with Gasteiger partial charge in [-0.3, -0.25) is 4.98 Å². The van der Waals surface area contributed by atoms with Crippen LogP contribution in [-0.2, 0) is 0 Å². The summed E-state index contributed by atoms with van der Waals surface area (Å²) in [5, 5.41) is 0.959. The van der Waals surface area contributed by atoms with E-state index in [1.165, 1.54) is 4.88 Å². The minimum atomic E-state index is -0.162. The van der Waals surface area contributed by atoms with Crippen LogP contribution in [0.15, 0.2) is 18.3 Å². The van der Waals surface area contributed by atoms with Gasteiger partial charge < -0.3 is 5.73 Å². The molecular formula is C12H15N3S. The van der Waals surface area contributed by atoms with Gasteiger partial charge in [0.15, 0.2) is 0 Å². The smallest absolute Gasteiger partial charge is 0.114 e. The van der Waals surface area contributed by atoms with Crippen LogP contribution < -0.4 is 5.73 Å². The van der Waals surface area contributed by atoms with Gasteiger partial charge in [-0.1, -0.05) is 6.07 Å². The van der Waals surface area contributed by atoms with Crippen LogP contribution in [0.4, 0.5) is 0 Å². The van der Waals surface area contributed by atoms with Gasteiger partial charge in [-0.25, -0.2) is 4.98 Å². The summed E-state index contributed by atoms with van der Waals surface area (Å²) in [4.78, 5) is 9.95. The lowest BCUT2D eigenvalue weighted by atomic mass is 10.1. The van der Waals surface area contributed by atoms with Gasteiger partial charge in [0.05, 0.1) is 11.7 Å². The van der Waals surface area contributed by atoms with E-state index in [1.54, 1.807) is 11.3 Å². The Hall–Kier alpha value is -1.26. The maximum atomic E-state index is 6.16. The van der Waals surface area contributed by atoms with Crippen LogP contribution in [0.1, 0.15) is 32.9 Å². The van der Waals surface area contributed by atoms with E-state index in [2.05, 4.69) is 16.9 Å². The largest absolute Gasteiger partial charge is 0.318 e. The van der Waals surface area contributed by atoms with Crippen molar-refractivity contribution in [1.82, 2.24) is 9.97 Å². The second-order valence-corrected chi connectivity index (χ2v) is 5.14. The number of hydrogen-bond donors (Lipinski definition) is 1. The van der Waals surface area contributed by atoms with Crippen molar-refractivity contribution < 1.29 is 0 Å². The van der Waals surface area contributed by atoms with Gasteiger partial charge >= 0.3 is 0 Å². The maximum absolute atomic E-state index is 6.16. The van der Waals surface area contributed by atoms with E-state index in [-0.39, 0.29) is 6.04 Å². The molecule has 4 heteroatoms. The second-order valence-electron chi connectivity index (χ2n) is 3.90.